The third-order valence-corrected chi connectivity index (χ3v) is 3.96. The Morgan fingerprint density at radius 2 is 2.14 bits per heavy atom. The van der Waals surface area contributed by atoms with Crippen LogP contribution in [0.15, 0.2) is 12.1 Å². The zero-order valence-corrected chi connectivity index (χ0v) is 12.3. The van der Waals surface area contributed by atoms with E-state index < -0.39 is 17.5 Å². The number of hydrogen-bond donors (Lipinski definition) is 0. The quantitative estimate of drug-likeness (QED) is 0.795. The van der Waals surface area contributed by atoms with Gasteiger partial charge in [-0.15, -0.1) is 10.2 Å². The molecule has 2 aliphatic heterocycles. The van der Waals surface area contributed by atoms with Crippen LogP contribution in [-0.4, -0.2) is 48.2 Å². The van der Waals surface area contributed by atoms with Crippen LogP contribution in [0.25, 0.3) is 0 Å². The standard InChI is InChI=1S/C14H18F3N3O2/c1-10-7-20(8-13(22-10)5-2-6-21-9-13)12-4-3-11(18-19-12)14(15,16)17/h3-4,10H,2,5-9H2,1H3/t10-,13-/m1/s1. The summed E-state index contributed by atoms with van der Waals surface area (Å²) in [6.45, 7) is 4.29. The van der Waals surface area contributed by atoms with Gasteiger partial charge in [-0.05, 0) is 31.9 Å². The number of rotatable bonds is 1. The van der Waals surface area contributed by atoms with Gasteiger partial charge in [-0.2, -0.15) is 13.2 Å². The molecule has 0 radical (unpaired) electrons. The van der Waals surface area contributed by atoms with Crippen LogP contribution in [0.4, 0.5) is 19.0 Å². The Hall–Kier alpha value is -1.41. The molecule has 5 nitrogen and oxygen atoms in total. The predicted molar refractivity (Wildman–Crippen MR) is 72.6 cm³/mol. The molecule has 0 aromatic carbocycles. The first-order chi connectivity index (χ1) is 10.4. The lowest BCUT2D eigenvalue weighted by Gasteiger charge is -2.47. The fraction of sp³-hybridized carbons (Fsp3) is 0.714. The van der Waals surface area contributed by atoms with E-state index in [9.17, 15) is 13.2 Å². The van der Waals surface area contributed by atoms with Crippen molar-refractivity contribution in [3.63, 3.8) is 0 Å². The van der Waals surface area contributed by atoms with Crippen molar-refractivity contribution in [3.8, 4) is 0 Å². The fourth-order valence-electron chi connectivity index (χ4n) is 3.09. The molecular formula is C14H18F3N3O2. The lowest BCUT2D eigenvalue weighted by Crippen LogP contribution is -2.58. The van der Waals surface area contributed by atoms with Crippen molar-refractivity contribution in [3.05, 3.63) is 17.8 Å². The van der Waals surface area contributed by atoms with Crippen LogP contribution < -0.4 is 4.90 Å². The molecule has 0 aliphatic carbocycles. The number of aromatic nitrogens is 2. The Kier molecular flexibility index (Phi) is 3.98. The van der Waals surface area contributed by atoms with Crippen LogP contribution in [0.5, 0.6) is 0 Å². The summed E-state index contributed by atoms with van der Waals surface area (Å²) < 4.78 is 49.2. The summed E-state index contributed by atoms with van der Waals surface area (Å²) in [6.07, 6.45) is -2.72. The molecule has 2 aliphatic rings. The molecular weight excluding hydrogens is 299 g/mol. The maximum absolute atomic E-state index is 12.6. The number of halogens is 3. The van der Waals surface area contributed by atoms with Crippen LogP contribution in [-0.2, 0) is 15.7 Å². The van der Waals surface area contributed by atoms with Gasteiger partial charge < -0.3 is 14.4 Å². The lowest BCUT2D eigenvalue weighted by atomic mass is 9.93. The van der Waals surface area contributed by atoms with E-state index in [1.807, 2.05) is 11.8 Å². The molecule has 0 amide bonds. The van der Waals surface area contributed by atoms with Gasteiger partial charge in [-0.25, -0.2) is 0 Å². The third kappa shape index (κ3) is 3.17. The SMILES string of the molecule is C[C@@H]1CN(c2ccc(C(F)(F)F)nn2)C[C@@]2(CCCOC2)O1. The van der Waals surface area contributed by atoms with Gasteiger partial charge in [0.1, 0.15) is 5.60 Å². The van der Waals surface area contributed by atoms with E-state index in [1.54, 1.807) is 0 Å². The topological polar surface area (TPSA) is 47.5 Å². The molecule has 1 aromatic rings. The molecule has 1 aromatic heterocycles. The van der Waals surface area contributed by atoms with Gasteiger partial charge in [0.2, 0.25) is 0 Å². The van der Waals surface area contributed by atoms with Crippen LogP contribution in [0.2, 0.25) is 0 Å². The number of hydrogen-bond acceptors (Lipinski definition) is 5. The van der Waals surface area contributed by atoms with Gasteiger partial charge in [0.05, 0.1) is 19.3 Å². The average molecular weight is 317 g/mol. The van der Waals surface area contributed by atoms with Crippen molar-refractivity contribution in [1.82, 2.24) is 10.2 Å². The third-order valence-electron chi connectivity index (χ3n) is 3.96. The van der Waals surface area contributed by atoms with Gasteiger partial charge in [-0.3, -0.25) is 0 Å². The Bertz CT molecular complexity index is 515. The number of anilines is 1. The van der Waals surface area contributed by atoms with Crippen LogP contribution in [0, 0.1) is 0 Å². The first-order valence-electron chi connectivity index (χ1n) is 7.29. The first-order valence-corrected chi connectivity index (χ1v) is 7.29. The largest absolute Gasteiger partial charge is 0.435 e. The zero-order valence-electron chi connectivity index (χ0n) is 12.3. The zero-order chi connectivity index (χ0) is 15.8. The molecule has 0 N–H and O–H groups in total. The van der Waals surface area contributed by atoms with Crippen molar-refractivity contribution >= 4 is 5.82 Å². The fourth-order valence-corrected chi connectivity index (χ4v) is 3.09. The number of morpholine rings is 1. The molecule has 1 spiro atoms. The Labute approximate surface area is 126 Å². The van der Waals surface area contributed by atoms with Crippen molar-refractivity contribution < 1.29 is 22.6 Å². The van der Waals surface area contributed by atoms with Gasteiger partial charge in [0, 0.05) is 13.2 Å². The van der Waals surface area contributed by atoms with Crippen molar-refractivity contribution in [2.45, 2.75) is 37.6 Å². The van der Waals surface area contributed by atoms with Gasteiger partial charge >= 0.3 is 6.18 Å². The van der Waals surface area contributed by atoms with E-state index >= 15 is 0 Å². The van der Waals surface area contributed by atoms with E-state index in [1.165, 1.54) is 6.07 Å². The Morgan fingerprint density at radius 3 is 2.73 bits per heavy atom. The summed E-state index contributed by atoms with van der Waals surface area (Å²) >= 11 is 0. The number of alkyl halides is 3. The van der Waals surface area contributed by atoms with Crippen molar-refractivity contribution in [1.29, 1.82) is 0 Å². The molecule has 22 heavy (non-hydrogen) atoms. The maximum Gasteiger partial charge on any atom is 0.435 e. The molecule has 3 heterocycles. The Morgan fingerprint density at radius 1 is 1.32 bits per heavy atom. The number of nitrogens with zero attached hydrogens (tertiary/aromatic N) is 3. The summed E-state index contributed by atoms with van der Waals surface area (Å²) in [5.74, 6) is 0.438. The molecule has 122 valence electrons. The first kappa shape index (κ1) is 15.5. The van der Waals surface area contributed by atoms with E-state index in [0.29, 0.717) is 25.5 Å². The molecule has 2 saturated heterocycles. The smallest absolute Gasteiger partial charge is 0.378 e. The van der Waals surface area contributed by atoms with Crippen LogP contribution in [0.1, 0.15) is 25.5 Å². The minimum absolute atomic E-state index is 0.0421. The molecule has 2 atom stereocenters. The molecule has 0 unspecified atom stereocenters. The highest BCUT2D eigenvalue weighted by atomic mass is 19.4. The highest BCUT2D eigenvalue weighted by molar-refractivity contribution is 5.39. The van der Waals surface area contributed by atoms with E-state index in [0.717, 1.165) is 25.5 Å². The highest BCUT2D eigenvalue weighted by Crippen LogP contribution is 2.32. The second-order valence-corrected chi connectivity index (χ2v) is 5.92. The highest BCUT2D eigenvalue weighted by Gasteiger charge is 2.42. The minimum atomic E-state index is -4.47. The van der Waals surface area contributed by atoms with E-state index in [2.05, 4.69) is 10.2 Å². The maximum atomic E-state index is 12.6. The summed E-state index contributed by atoms with van der Waals surface area (Å²) in [5.41, 5.74) is -1.38. The number of ether oxygens (including phenoxy) is 2. The monoisotopic (exact) mass is 317 g/mol. The summed E-state index contributed by atoms with van der Waals surface area (Å²) in [7, 11) is 0. The molecule has 0 bridgehead atoms. The summed E-state index contributed by atoms with van der Waals surface area (Å²) in [5, 5.41) is 7.04. The normalized spacial score (nSPS) is 29.8. The second kappa shape index (κ2) is 5.66. The second-order valence-electron chi connectivity index (χ2n) is 5.92. The molecule has 0 saturated carbocycles. The van der Waals surface area contributed by atoms with Gasteiger partial charge in [-0.1, -0.05) is 0 Å². The molecule has 3 rings (SSSR count). The van der Waals surface area contributed by atoms with Crippen molar-refractivity contribution in [2.75, 3.05) is 31.2 Å². The lowest BCUT2D eigenvalue weighted by molar-refractivity contribution is -0.160. The van der Waals surface area contributed by atoms with Crippen LogP contribution in [0.3, 0.4) is 0 Å². The molecule has 2 fully saturated rings. The van der Waals surface area contributed by atoms with E-state index in [-0.39, 0.29) is 6.10 Å². The summed E-state index contributed by atoms with van der Waals surface area (Å²) in [6, 6.07) is 2.33. The predicted octanol–water partition coefficient (Wildman–Crippen LogP) is 2.27. The molecule has 8 heteroatoms. The Balaban J connectivity index is 1.78. The minimum Gasteiger partial charge on any atom is -0.378 e. The van der Waals surface area contributed by atoms with Crippen LogP contribution >= 0.6 is 0 Å². The summed E-state index contributed by atoms with van der Waals surface area (Å²) in [4.78, 5) is 1.93. The van der Waals surface area contributed by atoms with E-state index in [4.69, 9.17) is 9.47 Å². The van der Waals surface area contributed by atoms with Crippen molar-refractivity contribution in [2.24, 2.45) is 0 Å². The van der Waals surface area contributed by atoms with Gasteiger partial charge in [0.15, 0.2) is 11.5 Å². The average Bonchev–Trinajstić information content (AvgIpc) is 2.46. The van der Waals surface area contributed by atoms with Gasteiger partial charge in [0.25, 0.3) is 0 Å².